The van der Waals surface area contributed by atoms with Crippen LogP contribution in [0.5, 0.6) is 0 Å². The molecule has 0 bridgehead atoms. The Morgan fingerprint density at radius 1 is 0.357 bits per heavy atom. The number of hydrogen-bond acceptors (Lipinski definition) is 4. The van der Waals surface area contributed by atoms with Crippen molar-refractivity contribution >= 4 is 43.7 Å². The van der Waals surface area contributed by atoms with Crippen molar-refractivity contribution in [3.8, 4) is 62.1 Å². The van der Waals surface area contributed by atoms with E-state index in [0.717, 1.165) is 82.8 Å². The van der Waals surface area contributed by atoms with Gasteiger partial charge in [0.15, 0.2) is 23.1 Å². The van der Waals surface area contributed by atoms with Gasteiger partial charge in [-0.3, -0.25) is 0 Å². The minimum absolute atomic E-state index is 0.618. The van der Waals surface area contributed by atoms with Gasteiger partial charge in [0.05, 0.1) is 16.7 Å². The van der Waals surface area contributed by atoms with E-state index in [0.29, 0.717) is 17.5 Å². The molecule has 0 unspecified atom stereocenters. The van der Waals surface area contributed by atoms with Gasteiger partial charge >= 0.3 is 0 Å². The molecule has 11 rings (SSSR count). The number of nitrogens with zero attached hydrogens (tertiary/aromatic N) is 4. The average Bonchev–Trinajstić information content (AvgIpc) is 3.83. The maximum absolute atomic E-state index is 6.76. The highest BCUT2D eigenvalue weighted by molar-refractivity contribution is 6.16. The fraction of sp³-hybridized carbons (Fsp3) is 0. The summed E-state index contributed by atoms with van der Waals surface area (Å²) in [6, 6.07) is 67.3. The topological polar surface area (TPSA) is 56.7 Å². The first-order valence-electron chi connectivity index (χ1n) is 18.8. The van der Waals surface area contributed by atoms with Crippen molar-refractivity contribution < 1.29 is 4.42 Å². The van der Waals surface area contributed by atoms with Gasteiger partial charge < -0.3 is 8.98 Å². The van der Waals surface area contributed by atoms with E-state index in [4.69, 9.17) is 19.4 Å². The predicted molar refractivity (Wildman–Crippen MR) is 229 cm³/mol. The summed E-state index contributed by atoms with van der Waals surface area (Å²) in [6.45, 7) is 0. The van der Waals surface area contributed by atoms with Crippen molar-refractivity contribution in [1.82, 2.24) is 19.5 Å². The quantitative estimate of drug-likeness (QED) is 0.172. The summed E-state index contributed by atoms with van der Waals surface area (Å²) in [5.41, 5.74) is 12.3. The van der Waals surface area contributed by atoms with Crippen LogP contribution < -0.4 is 0 Å². The van der Waals surface area contributed by atoms with Crippen molar-refractivity contribution in [3.63, 3.8) is 0 Å². The summed E-state index contributed by atoms with van der Waals surface area (Å²) >= 11 is 0. The van der Waals surface area contributed by atoms with Crippen molar-refractivity contribution in [2.24, 2.45) is 0 Å². The number of para-hydroxylation sites is 2. The predicted octanol–water partition coefficient (Wildman–Crippen LogP) is 13.2. The third-order valence-electron chi connectivity index (χ3n) is 10.7. The van der Waals surface area contributed by atoms with Gasteiger partial charge in [-0.2, -0.15) is 0 Å². The van der Waals surface area contributed by atoms with Crippen molar-refractivity contribution in [1.29, 1.82) is 0 Å². The summed E-state index contributed by atoms with van der Waals surface area (Å²) in [6.07, 6.45) is 0. The standard InChI is InChI=1S/C51H32N4O/c1-4-14-33(15-5-1)34-26-28-37(29-27-34)50-52-49(36-18-8-3-9-19-36)53-51(54-50)38-30-31-44-42(32-38)40-20-10-11-23-43(40)55(44)45-24-12-22-41-47-39(35-16-6-2-7-17-35)21-13-25-46(47)56-48(41)45/h1-32H. The molecular weight excluding hydrogens is 685 g/mol. The van der Waals surface area contributed by atoms with Crippen LogP contribution in [-0.2, 0) is 0 Å². The summed E-state index contributed by atoms with van der Waals surface area (Å²) < 4.78 is 9.08. The van der Waals surface area contributed by atoms with E-state index in [9.17, 15) is 0 Å². The Balaban J connectivity index is 1.08. The molecule has 3 aromatic heterocycles. The van der Waals surface area contributed by atoms with E-state index in [1.165, 1.54) is 5.56 Å². The summed E-state index contributed by atoms with van der Waals surface area (Å²) in [5.74, 6) is 1.88. The van der Waals surface area contributed by atoms with Gasteiger partial charge in [0, 0.05) is 38.2 Å². The minimum atomic E-state index is 0.618. The molecular formula is C51H32N4O. The Morgan fingerprint density at radius 3 is 1.61 bits per heavy atom. The van der Waals surface area contributed by atoms with Crippen LogP contribution in [-0.4, -0.2) is 19.5 Å². The average molecular weight is 717 g/mol. The van der Waals surface area contributed by atoms with Crippen LogP contribution in [0.2, 0.25) is 0 Å². The maximum Gasteiger partial charge on any atom is 0.164 e. The molecule has 0 radical (unpaired) electrons. The zero-order valence-corrected chi connectivity index (χ0v) is 30.2. The van der Waals surface area contributed by atoms with Crippen LogP contribution in [0.4, 0.5) is 0 Å². The van der Waals surface area contributed by atoms with E-state index in [2.05, 4.69) is 162 Å². The van der Waals surface area contributed by atoms with Crippen molar-refractivity contribution in [2.75, 3.05) is 0 Å². The van der Waals surface area contributed by atoms with Gasteiger partial charge in [0.1, 0.15) is 5.58 Å². The van der Waals surface area contributed by atoms with Gasteiger partial charge in [-0.1, -0.05) is 158 Å². The highest BCUT2D eigenvalue weighted by atomic mass is 16.3. The number of rotatable bonds is 6. The van der Waals surface area contributed by atoms with Crippen molar-refractivity contribution in [3.05, 3.63) is 194 Å². The molecule has 0 amide bonds. The lowest BCUT2D eigenvalue weighted by Crippen LogP contribution is -2.00. The normalized spacial score (nSPS) is 11.6. The minimum Gasteiger partial charge on any atom is -0.454 e. The Hall–Kier alpha value is -7.63. The lowest BCUT2D eigenvalue weighted by Gasteiger charge is -2.10. The first kappa shape index (κ1) is 31.9. The third-order valence-corrected chi connectivity index (χ3v) is 10.7. The number of benzene rings is 8. The monoisotopic (exact) mass is 716 g/mol. The molecule has 262 valence electrons. The molecule has 0 aliphatic rings. The number of furan rings is 1. The number of fused-ring (bicyclic) bond motifs is 6. The largest absolute Gasteiger partial charge is 0.454 e. The lowest BCUT2D eigenvalue weighted by molar-refractivity contribution is 0.666. The Morgan fingerprint density at radius 2 is 0.875 bits per heavy atom. The van der Waals surface area contributed by atoms with Gasteiger partial charge in [-0.25, -0.2) is 15.0 Å². The maximum atomic E-state index is 6.76. The Bertz CT molecular complexity index is 3220. The zero-order chi connectivity index (χ0) is 37.0. The van der Waals surface area contributed by atoms with Crippen LogP contribution >= 0.6 is 0 Å². The molecule has 8 aromatic carbocycles. The first-order valence-corrected chi connectivity index (χ1v) is 18.8. The molecule has 11 aromatic rings. The van der Waals surface area contributed by atoms with E-state index >= 15 is 0 Å². The zero-order valence-electron chi connectivity index (χ0n) is 30.2. The molecule has 0 fully saturated rings. The van der Waals surface area contributed by atoms with E-state index < -0.39 is 0 Å². The summed E-state index contributed by atoms with van der Waals surface area (Å²) in [4.78, 5) is 15.2. The lowest BCUT2D eigenvalue weighted by atomic mass is 9.99. The highest BCUT2D eigenvalue weighted by Gasteiger charge is 2.20. The second kappa shape index (κ2) is 13.0. The Kier molecular flexibility index (Phi) is 7.42. The fourth-order valence-corrected chi connectivity index (χ4v) is 8.03. The van der Waals surface area contributed by atoms with Gasteiger partial charge in [-0.15, -0.1) is 0 Å². The van der Waals surface area contributed by atoms with E-state index in [1.54, 1.807) is 0 Å². The third kappa shape index (κ3) is 5.29. The van der Waals surface area contributed by atoms with Crippen molar-refractivity contribution in [2.45, 2.75) is 0 Å². The van der Waals surface area contributed by atoms with E-state index in [1.807, 2.05) is 36.4 Å². The van der Waals surface area contributed by atoms with E-state index in [-0.39, 0.29) is 0 Å². The highest BCUT2D eigenvalue weighted by Crippen LogP contribution is 2.42. The first-order chi connectivity index (χ1) is 27.8. The second-order valence-corrected chi connectivity index (χ2v) is 14.0. The molecule has 5 nitrogen and oxygen atoms in total. The molecule has 0 saturated heterocycles. The number of hydrogen-bond donors (Lipinski definition) is 0. The molecule has 0 spiro atoms. The molecule has 0 N–H and O–H groups in total. The van der Waals surface area contributed by atoms with Gasteiger partial charge in [0.2, 0.25) is 0 Å². The second-order valence-electron chi connectivity index (χ2n) is 14.0. The molecule has 56 heavy (non-hydrogen) atoms. The Labute approximate surface area is 322 Å². The number of aromatic nitrogens is 4. The summed E-state index contributed by atoms with van der Waals surface area (Å²) in [7, 11) is 0. The molecule has 0 saturated carbocycles. The molecule has 0 aliphatic heterocycles. The van der Waals surface area contributed by atoms with Crippen LogP contribution in [0.1, 0.15) is 0 Å². The fourth-order valence-electron chi connectivity index (χ4n) is 8.03. The van der Waals surface area contributed by atoms with Gasteiger partial charge in [0.25, 0.3) is 0 Å². The smallest absolute Gasteiger partial charge is 0.164 e. The molecule has 5 heteroatoms. The molecule has 0 atom stereocenters. The van der Waals surface area contributed by atoms with Crippen LogP contribution in [0.3, 0.4) is 0 Å². The summed E-state index contributed by atoms with van der Waals surface area (Å²) in [5, 5.41) is 4.44. The molecule has 3 heterocycles. The van der Waals surface area contributed by atoms with Crippen LogP contribution in [0, 0.1) is 0 Å². The SMILES string of the molecule is c1ccc(-c2ccc(-c3nc(-c4ccccc4)nc(-c4ccc5c(c4)c4ccccc4n5-c4cccc5c4oc4cccc(-c6ccccc6)c45)n3)cc2)cc1. The van der Waals surface area contributed by atoms with Crippen LogP contribution in [0.15, 0.2) is 199 Å². The molecule has 0 aliphatic carbocycles. The van der Waals surface area contributed by atoms with Gasteiger partial charge in [-0.05, 0) is 58.7 Å². The van der Waals surface area contributed by atoms with Crippen LogP contribution in [0.25, 0.3) is 106 Å².